The number of benzene rings is 8. The van der Waals surface area contributed by atoms with Gasteiger partial charge in [0.2, 0.25) is 0 Å². The minimum absolute atomic E-state index is 0.577. The van der Waals surface area contributed by atoms with Crippen molar-refractivity contribution in [3.63, 3.8) is 0 Å². The molecule has 0 aliphatic heterocycles. The molecule has 0 atom stereocenters. The monoisotopic (exact) mass is 861 g/mol. The Bertz CT molecular complexity index is 3920. The van der Waals surface area contributed by atoms with Crippen molar-refractivity contribution in [1.82, 2.24) is 34.5 Å². The van der Waals surface area contributed by atoms with Crippen LogP contribution in [0.1, 0.15) is 0 Å². The Labute approximate surface area is 383 Å². The molecule has 0 aliphatic rings. The van der Waals surface area contributed by atoms with Crippen molar-refractivity contribution in [3.05, 3.63) is 212 Å². The summed E-state index contributed by atoms with van der Waals surface area (Å²) in [5.74, 6) is 2.41. The molecule has 0 saturated carbocycles. The number of hydrogen-bond donors (Lipinski definition) is 0. The van der Waals surface area contributed by atoms with Gasteiger partial charge in [0.15, 0.2) is 23.3 Å². The molecule has 0 unspecified atom stereocenters. The Kier molecular flexibility index (Phi) is 8.89. The first kappa shape index (κ1) is 37.8. The van der Waals surface area contributed by atoms with Gasteiger partial charge >= 0.3 is 0 Å². The van der Waals surface area contributed by atoms with E-state index in [0.717, 1.165) is 87.2 Å². The summed E-state index contributed by atoms with van der Waals surface area (Å²) in [6, 6.07) is 71.5. The van der Waals surface area contributed by atoms with Gasteiger partial charge in [0.25, 0.3) is 0 Å². The highest BCUT2D eigenvalue weighted by Gasteiger charge is 2.20. The predicted octanol–water partition coefficient (Wildman–Crippen LogP) is 14.7. The second kappa shape index (κ2) is 15.5. The van der Waals surface area contributed by atoms with E-state index in [1.54, 1.807) is 11.3 Å². The number of para-hydroxylation sites is 2. The highest BCUT2D eigenvalue weighted by Crippen LogP contribution is 2.41. The van der Waals surface area contributed by atoms with Gasteiger partial charge in [-0.15, -0.1) is 11.3 Å². The van der Waals surface area contributed by atoms with Crippen LogP contribution in [0.2, 0.25) is 0 Å². The summed E-state index contributed by atoms with van der Waals surface area (Å²) in [5.41, 5.74) is 11.9. The van der Waals surface area contributed by atoms with Gasteiger partial charge in [-0.25, -0.2) is 29.9 Å². The maximum Gasteiger partial charge on any atom is 0.164 e. The molecule has 13 aromatic rings. The summed E-state index contributed by atoms with van der Waals surface area (Å²) in [5, 5.41) is 5.80. The average Bonchev–Trinajstić information content (AvgIpc) is 3.94. The minimum atomic E-state index is 0.577. The lowest BCUT2D eigenvalue weighted by Gasteiger charge is -2.11. The molecule has 308 valence electrons. The second-order valence-electron chi connectivity index (χ2n) is 16.3. The highest BCUT2D eigenvalue weighted by atomic mass is 32.1. The van der Waals surface area contributed by atoms with E-state index in [1.165, 1.54) is 16.2 Å². The molecule has 0 N–H and O–H groups in total. The molecule has 5 heterocycles. The Balaban J connectivity index is 0.915. The van der Waals surface area contributed by atoms with Gasteiger partial charge in [-0.3, -0.25) is 0 Å². The molecule has 0 fully saturated rings. The van der Waals surface area contributed by atoms with Crippen molar-refractivity contribution in [2.75, 3.05) is 0 Å². The number of rotatable bonds is 7. The van der Waals surface area contributed by atoms with Crippen LogP contribution in [0.3, 0.4) is 0 Å². The maximum absolute atomic E-state index is 5.32. The van der Waals surface area contributed by atoms with E-state index in [9.17, 15) is 0 Å². The fraction of sp³-hybridized carbons (Fsp3) is 0. The third-order valence-corrected chi connectivity index (χ3v) is 13.4. The first-order valence-electron chi connectivity index (χ1n) is 21.8. The molecular formula is C58H35N7S. The molecule has 8 heteroatoms. The predicted molar refractivity (Wildman–Crippen MR) is 271 cm³/mol. The summed E-state index contributed by atoms with van der Waals surface area (Å²) in [7, 11) is 0. The number of nitrogens with zero attached hydrogens (tertiary/aromatic N) is 7. The van der Waals surface area contributed by atoms with E-state index < -0.39 is 0 Å². The van der Waals surface area contributed by atoms with Gasteiger partial charge in [0.05, 0.1) is 26.9 Å². The van der Waals surface area contributed by atoms with Gasteiger partial charge in [-0.05, 0) is 64.9 Å². The topological polar surface area (TPSA) is 82.3 Å². The van der Waals surface area contributed by atoms with E-state index >= 15 is 0 Å². The maximum atomic E-state index is 5.32. The fourth-order valence-electron chi connectivity index (χ4n) is 9.06. The Morgan fingerprint density at radius 2 is 0.848 bits per heavy atom. The van der Waals surface area contributed by atoms with E-state index in [2.05, 4.69) is 174 Å². The molecule has 5 aromatic heterocycles. The molecule has 7 nitrogen and oxygen atoms in total. The molecular weight excluding hydrogens is 827 g/mol. The Morgan fingerprint density at radius 3 is 1.48 bits per heavy atom. The van der Waals surface area contributed by atoms with Gasteiger partial charge in [-0.1, -0.05) is 158 Å². The van der Waals surface area contributed by atoms with E-state index in [-0.39, 0.29) is 0 Å². The smallest absolute Gasteiger partial charge is 0.164 e. The molecule has 8 aromatic carbocycles. The molecule has 0 aliphatic carbocycles. The van der Waals surface area contributed by atoms with Gasteiger partial charge in [-0.2, -0.15) is 0 Å². The third kappa shape index (κ3) is 6.50. The van der Waals surface area contributed by atoms with Crippen molar-refractivity contribution in [2.24, 2.45) is 0 Å². The fourth-order valence-corrected chi connectivity index (χ4v) is 10.1. The van der Waals surface area contributed by atoms with E-state index in [1.807, 2.05) is 42.6 Å². The lowest BCUT2D eigenvalue weighted by atomic mass is 10.0. The van der Waals surface area contributed by atoms with Crippen LogP contribution in [0.15, 0.2) is 212 Å². The highest BCUT2D eigenvalue weighted by molar-refractivity contribution is 7.25. The van der Waals surface area contributed by atoms with Crippen LogP contribution >= 0.6 is 11.3 Å². The first-order valence-corrected chi connectivity index (χ1v) is 22.7. The number of aromatic nitrogens is 7. The zero-order valence-corrected chi connectivity index (χ0v) is 36.1. The number of fused-ring (bicyclic) bond motifs is 7. The average molecular weight is 862 g/mol. The molecule has 0 bridgehead atoms. The van der Waals surface area contributed by atoms with Gasteiger partial charge in [0.1, 0.15) is 4.83 Å². The summed E-state index contributed by atoms with van der Waals surface area (Å²) in [6.45, 7) is 0. The summed E-state index contributed by atoms with van der Waals surface area (Å²) < 4.78 is 3.32. The quantitative estimate of drug-likeness (QED) is 0.159. The van der Waals surface area contributed by atoms with Crippen LogP contribution < -0.4 is 0 Å². The first-order chi connectivity index (χ1) is 32.7. The minimum Gasteiger partial charge on any atom is -0.309 e. The van der Waals surface area contributed by atoms with Crippen LogP contribution in [-0.2, 0) is 0 Å². The number of hydrogen-bond acceptors (Lipinski definition) is 7. The van der Waals surface area contributed by atoms with Gasteiger partial charge in [0, 0.05) is 61.4 Å². The Hall–Kier alpha value is -8.72. The number of pyridine rings is 1. The molecule has 0 saturated heterocycles. The SMILES string of the molecule is c1ccc(-c2cnc3sc4c(-c5ccc6ccccc6c5)nc(-c5ccc(-c6nc(-c7ccccc7)nc(-c7ccc(-n8c9ccccc9c9ccccc98)cc7)n6)cc5)nc4c3c2)cc1. The largest absolute Gasteiger partial charge is 0.309 e. The van der Waals surface area contributed by atoms with E-state index in [4.69, 9.17) is 29.9 Å². The van der Waals surface area contributed by atoms with Crippen molar-refractivity contribution >= 4 is 64.3 Å². The normalized spacial score (nSPS) is 11.6. The molecule has 0 radical (unpaired) electrons. The van der Waals surface area contributed by atoms with Crippen LogP contribution in [0.4, 0.5) is 0 Å². The van der Waals surface area contributed by atoms with E-state index in [0.29, 0.717) is 23.3 Å². The summed E-state index contributed by atoms with van der Waals surface area (Å²) in [4.78, 5) is 31.7. The summed E-state index contributed by atoms with van der Waals surface area (Å²) >= 11 is 1.64. The van der Waals surface area contributed by atoms with Crippen molar-refractivity contribution in [3.8, 4) is 73.6 Å². The second-order valence-corrected chi connectivity index (χ2v) is 17.3. The van der Waals surface area contributed by atoms with Crippen LogP contribution in [0.25, 0.3) is 127 Å². The van der Waals surface area contributed by atoms with Crippen molar-refractivity contribution < 1.29 is 0 Å². The van der Waals surface area contributed by atoms with Crippen LogP contribution in [-0.4, -0.2) is 34.5 Å². The Morgan fingerprint density at radius 1 is 0.348 bits per heavy atom. The number of thiophene rings is 1. The lowest BCUT2D eigenvalue weighted by Crippen LogP contribution is -2.01. The zero-order valence-electron chi connectivity index (χ0n) is 35.2. The van der Waals surface area contributed by atoms with Crippen molar-refractivity contribution in [1.29, 1.82) is 0 Å². The molecule has 66 heavy (non-hydrogen) atoms. The molecule has 0 amide bonds. The summed E-state index contributed by atoms with van der Waals surface area (Å²) in [6.07, 6.45) is 1.95. The van der Waals surface area contributed by atoms with Crippen molar-refractivity contribution in [2.45, 2.75) is 0 Å². The van der Waals surface area contributed by atoms with Crippen LogP contribution in [0.5, 0.6) is 0 Å². The third-order valence-electron chi connectivity index (χ3n) is 12.3. The zero-order chi connectivity index (χ0) is 43.6. The van der Waals surface area contributed by atoms with Crippen LogP contribution in [0, 0.1) is 0 Å². The molecule has 13 rings (SSSR count). The molecule has 0 spiro atoms. The van der Waals surface area contributed by atoms with Gasteiger partial charge < -0.3 is 4.57 Å². The lowest BCUT2D eigenvalue weighted by molar-refractivity contribution is 1.07. The standard InChI is InChI=1S/C58H35N7S/c1-3-13-36(14-4-1)44-34-48-52-53(66-58(48)59-35-44)51(43-28-23-37-15-7-8-18-42(37)33-43)60-54(61-52)39-24-26-40(27-25-39)56-62-55(38-16-5-2-6-17-38)63-57(64-56)41-29-31-45(32-30-41)65-49-21-11-9-19-46(49)47-20-10-12-22-50(47)65/h1-35H.